The molecule has 1 saturated heterocycles. The largest absolute Gasteiger partial charge is 0.480 e. The number of nitrogens with one attached hydrogen (secondary N) is 2. The molecule has 3 aromatic rings. The Kier molecular flexibility index (Phi) is 10.1. The summed E-state index contributed by atoms with van der Waals surface area (Å²) in [7, 11) is 0. The van der Waals surface area contributed by atoms with Crippen LogP contribution in [0.4, 0.5) is 0 Å². The van der Waals surface area contributed by atoms with E-state index in [0.717, 1.165) is 29.2 Å². The second kappa shape index (κ2) is 14.0. The summed E-state index contributed by atoms with van der Waals surface area (Å²) in [5.41, 5.74) is 1.32. The zero-order chi connectivity index (χ0) is 31.3. The van der Waals surface area contributed by atoms with Crippen LogP contribution in [0, 0.1) is 5.41 Å². The van der Waals surface area contributed by atoms with Crippen molar-refractivity contribution in [1.82, 2.24) is 15.5 Å². The van der Waals surface area contributed by atoms with Crippen LogP contribution in [0.25, 0.3) is 10.8 Å². The minimum absolute atomic E-state index is 0.00690. The number of rotatable bonds is 10. The molecule has 0 aromatic heterocycles. The van der Waals surface area contributed by atoms with E-state index in [2.05, 4.69) is 10.6 Å². The van der Waals surface area contributed by atoms with Crippen LogP contribution in [-0.4, -0.2) is 58.9 Å². The van der Waals surface area contributed by atoms with E-state index in [1.54, 1.807) is 4.90 Å². The van der Waals surface area contributed by atoms with Crippen molar-refractivity contribution in [3.8, 4) is 0 Å². The van der Waals surface area contributed by atoms with Gasteiger partial charge in [0.05, 0.1) is 0 Å². The number of carbonyl (C=O) groups excluding carboxylic acids is 3. The first-order valence-electron chi connectivity index (χ1n) is 15.2. The molecule has 3 N–H and O–H groups in total. The van der Waals surface area contributed by atoms with Crippen LogP contribution < -0.4 is 10.6 Å². The average molecular weight is 639 g/mol. The topological polar surface area (TPSA) is 116 Å². The third-order valence-corrected chi connectivity index (χ3v) is 9.56. The maximum absolute atomic E-state index is 13.7. The Labute approximate surface area is 267 Å². The summed E-state index contributed by atoms with van der Waals surface area (Å²) >= 11 is 12.2. The molecule has 5 rings (SSSR count). The Morgan fingerprint density at radius 1 is 0.841 bits per heavy atom. The standard InChI is InChI=1S/C34H37Cl2N3O5/c35-25-18-24(19-26(36)21-25)31(41)38-28(32(42)39-16-14-34(15-17-39)12-3-4-13-34)10-11-30(40)37-29(33(43)44)20-23-8-5-7-22-6-1-2-9-27(22)23/h1-2,5-9,18-19,21,28-29H,3-4,10-17,20H2,(H,37,40)(H,38,41)(H,43,44)/t28?,29-/m1/s1. The normalized spacial score (nSPS) is 17.3. The van der Waals surface area contributed by atoms with Crippen LogP contribution in [-0.2, 0) is 20.8 Å². The zero-order valence-electron chi connectivity index (χ0n) is 24.5. The fourth-order valence-corrected chi connectivity index (χ4v) is 7.19. The number of nitrogens with zero attached hydrogens (tertiary/aromatic N) is 1. The van der Waals surface area contributed by atoms with E-state index >= 15 is 0 Å². The molecule has 3 amide bonds. The number of amides is 3. The van der Waals surface area contributed by atoms with Gasteiger partial charge in [-0.3, -0.25) is 14.4 Å². The van der Waals surface area contributed by atoms with Crippen molar-refractivity contribution in [1.29, 1.82) is 0 Å². The lowest BCUT2D eigenvalue weighted by Crippen LogP contribution is -2.52. The van der Waals surface area contributed by atoms with Crippen molar-refractivity contribution >= 4 is 57.7 Å². The van der Waals surface area contributed by atoms with Crippen molar-refractivity contribution in [2.24, 2.45) is 5.41 Å². The molecule has 1 aliphatic carbocycles. The van der Waals surface area contributed by atoms with Gasteiger partial charge in [-0.05, 0) is 72.1 Å². The highest BCUT2D eigenvalue weighted by atomic mass is 35.5. The molecule has 1 heterocycles. The third kappa shape index (κ3) is 7.71. The lowest BCUT2D eigenvalue weighted by atomic mass is 9.77. The molecule has 2 fully saturated rings. The number of halogens is 2. The van der Waals surface area contributed by atoms with Crippen LogP contribution in [0.15, 0.2) is 60.7 Å². The minimum atomic E-state index is -1.16. The number of piperidine rings is 1. The third-order valence-electron chi connectivity index (χ3n) is 9.13. The van der Waals surface area contributed by atoms with Crippen molar-refractivity contribution in [3.05, 3.63) is 81.8 Å². The molecule has 0 bridgehead atoms. The Balaban J connectivity index is 1.26. The SMILES string of the molecule is O=C(CCC(NC(=O)c1cc(Cl)cc(Cl)c1)C(=O)N1CCC2(CCCC2)CC1)N[C@H](Cc1cccc2ccccc12)C(=O)O. The van der Waals surface area contributed by atoms with E-state index in [1.807, 2.05) is 42.5 Å². The molecule has 232 valence electrons. The van der Waals surface area contributed by atoms with Gasteiger partial charge in [-0.1, -0.05) is 78.5 Å². The van der Waals surface area contributed by atoms with Gasteiger partial charge in [0.2, 0.25) is 11.8 Å². The molecule has 8 nitrogen and oxygen atoms in total. The van der Waals surface area contributed by atoms with E-state index in [1.165, 1.54) is 43.9 Å². The molecule has 0 radical (unpaired) electrons. The number of likely N-dealkylation sites (tertiary alicyclic amines) is 1. The predicted molar refractivity (Wildman–Crippen MR) is 171 cm³/mol. The van der Waals surface area contributed by atoms with Crippen molar-refractivity contribution < 1.29 is 24.3 Å². The van der Waals surface area contributed by atoms with E-state index in [0.29, 0.717) is 18.5 Å². The van der Waals surface area contributed by atoms with Crippen LogP contribution in [0.1, 0.15) is 67.3 Å². The Hall–Kier alpha value is -3.62. The van der Waals surface area contributed by atoms with Crippen molar-refractivity contribution in [2.75, 3.05) is 13.1 Å². The first kappa shape index (κ1) is 31.8. The molecule has 1 saturated carbocycles. The summed E-state index contributed by atoms with van der Waals surface area (Å²) in [6.07, 6.45) is 6.65. The maximum atomic E-state index is 13.7. The fourth-order valence-electron chi connectivity index (χ4n) is 6.66. The number of aliphatic carboxylic acids is 1. The second-order valence-corrected chi connectivity index (χ2v) is 12.9. The molecule has 10 heteroatoms. The summed E-state index contributed by atoms with van der Waals surface area (Å²) in [5.74, 6) is -2.45. The van der Waals surface area contributed by atoms with Crippen LogP contribution >= 0.6 is 23.2 Å². The van der Waals surface area contributed by atoms with Gasteiger partial charge >= 0.3 is 5.97 Å². The first-order chi connectivity index (χ1) is 21.1. The lowest BCUT2D eigenvalue weighted by Gasteiger charge is -2.40. The molecule has 3 aromatic carbocycles. The second-order valence-electron chi connectivity index (χ2n) is 12.1. The summed E-state index contributed by atoms with van der Waals surface area (Å²) < 4.78 is 0. The number of carbonyl (C=O) groups is 4. The van der Waals surface area contributed by atoms with Gasteiger partial charge in [0.25, 0.3) is 5.91 Å². The lowest BCUT2D eigenvalue weighted by molar-refractivity contribution is -0.142. The van der Waals surface area contributed by atoms with E-state index < -0.39 is 29.9 Å². The number of hydrogen-bond acceptors (Lipinski definition) is 4. The fraction of sp³-hybridized carbons (Fsp3) is 0.412. The quantitative estimate of drug-likeness (QED) is 0.251. The van der Waals surface area contributed by atoms with E-state index in [-0.39, 0.29) is 40.8 Å². The van der Waals surface area contributed by atoms with Gasteiger partial charge in [0, 0.05) is 41.5 Å². The van der Waals surface area contributed by atoms with Gasteiger partial charge in [-0.25, -0.2) is 4.79 Å². The Morgan fingerprint density at radius 2 is 1.50 bits per heavy atom. The summed E-state index contributed by atoms with van der Waals surface area (Å²) in [4.78, 5) is 53.9. The van der Waals surface area contributed by atoms with Gasteiger partial charge in [0.15, 0.2) is 0 Å². The highest BCUT2D eigenvalue weighted by molar-refractivity contribution is 6.35. The van der Waals surface area contributed by atoms with E-state index in [4.69, 9.17) is 23.2 Å². The molecule has 1 spiro atoms. The summed E-state index contributed by atoms with van der Waals surface area (Å²) in [5, 5.41) is 17.8. The molecule has 1 unspecified atom stereocenters. The highest BCUT2D eigenvalue weighted by Gasteiger charge is 2.39. The van der Waals surface area contributed by atoms with Crippen LogP contribution in [0.5, 0.6) is 0 Å². The predicted octanol–water partition coefficient (Wildman–Crippen LogP) is 6.02. The average Bonchev–Trinajstić information content (AvgIpc) is 3.46. The van der Waals surface area contributed by atoms with Crippen LogP contribution in [0.2, 0.25) is 10.0 Å². The molecule has 1 aliphatic heterocycles. The molecule has 2 atom stereocenters. The summed E-state index contributed by atoms with van der Waals surface area (Å²) in [6, 6.07) is 15.6. The maximum Gasteiger partial charge on any atom is 0.326 e. The summed E-state index contributed by atoms with van der Waals surface area (Å²) in [6.45, 7) is 1.21. The van der Waals surface area contributed by atoms with Crippen molar-refractivity contribution in [2.45, 2.75) is 69.9 Å². The zero-order valence-corrected chi connectivity index (χ0v) is 26.0. The van der Waals surface area contributed by atoms with Gasteiger partial charge in [-0.15, -0.1) is 0 Å². The number of carboxylic acid groups (broad SMARTS) is 1. The smallest absolute Gasteiger partial charge is 0.326 e. The number of benzene rings is 3. The van der Waals surface area contributed by atoms with Gasteiger partial charge in [0.1, 0.15) is 12.1 Å². The van der Waals surface area contributed by atoms with Crippen molar-refractivity contribution in [3.63, 3.8) is 0 Å². The minimum Gasteiger partial charge on any atom is -0.480 e. The van der Waals surface area contributed by atoms with Crippen LogP contribution in [0.3, 0.4) is 0 Å². The van der Waals surface area contributed by atoms with Gasteiger partial charge in [-0.2, -0.15) is 0 Å². The van der Waals surface area contributed by atoms with Gasteiger partial charge < -0.3 is 20.6 Å². The first-order valence-corrected chi connectivity index (χ1v) is 15.9. The Bertz CT molecular complexity index is 1520. The number of carboxylic acids is 1. The number of hydrogen-bond donors (Lipinski definition) is 3. The monoisotopic (exact) mass is 637 g/mol. The number of fused-ring (bicyclic) bond motifs is 1. The highest BCUT2D eigenvalue weighted by Crippen LogP contribution is 2.46. The molecule has 2 aliphatic rings. The Morgan fingerprint density at radius 3 is 2.18 bits per heavy atom. The molecular weight excluding hydrogens is 601 g/mol. The molecule has 44 heavy (non-hydrogen) atoms. The van der Waals surface area contributed by atoms with E-state index in [9.17, 15) is 24.3 Å². The molecular formula is C34H37Cl2N3O5.